The van der Waals surface area contributed by atoms with Crippen LogP contribution < -0.4 is 10.2 Å². The molecule has 0 fully saturated rings. The third kappa shape index (κ3) is 3.35. The fourth-order valence-electron chi connectivity index (χ4n) is 8.59. The molecule has 7 aromatic rings. The van der Waals surface area contributed by atoms with Gasteiger partial charge in [0.2, 0.25) is 5.95 Å². The van der Waals surface area contributed by atoms with Crippen molar-refractivity contribution in [2.45, 2.75) is 25.8 Å². The lowest BCUT2D eigenvalue weighted by atomic mass is 9.83. The van der Waals surface area contributed by atoms with Gasteiger partial charge >= 0.3 is 0 Å². The van der Waals surface area contributed by atoms with Crippen LogP contribution in [0.1, 0.15) is 36.1 Å². The van der Waals surface area contributed by atoms with Gasteiger partial charge in [-0.3, -0.25) is 4.57 Å². The third-order valence-corrected chi connectivity index (χ3v) is 10.5. The molecule has 0 radical (unpaired) electrons. The Morgan fingerprint density at radius 2 is 1.47 bits per heavy atom. The van der Waals surface area contributed by atoms with E-state index in [0.29, 0.717) is 23.5 Å². The highest BCUT2D eigenvalue weighted by atomic mass is 15.2. The molecule has 0 N–H and O–H groups in total. The van der Waals surface area contributed by atoms with E-state index in [1.54, 1.807) is 0 Å². The Kier molecular flexibility index (Phi) is 4.94. The van der Waals surface area contributed by atoms with E-state index in [1.807, 2.05) is 36.4 Å². The van der Waals surface area contributed by atoms with Gasteiger partial charge in [0.25, 0.3) is 0 Å². The summed E-state index contributed by atoms with van der Waals surface area (Å²) in [5.41, 5.74) is 9.95. The number of anilines is 1. The largest absolute Gasteiger partial charge is 0.333 e. The van der Waals surface area contributed by atoms with Gasteiger partial charge in [-0.15, -0.1) is 0 Å². The van der Waals surface area contributed by atoms with Crippen molar-refractivity contribution >= 4 is 50.3 Å². The highest BCUT2D eigenvalue weighted by molar-refractivity contribution is 6.30. The molecule has 0 saturated heterocycles. The first-order valence-corrected chi connectivity index (χ1v) is 16.5. The molecule has 5 heteroatoms. The van der Waals surface area contributed by atoms with Crippen LogP contribution in [-0.4, -0.2) is 19.5 Å². The van der Waals surface area contributed by atoms with Gasteiger partial charge in [-0.2, -0.15) is 9.97 Å². The summed E-state index contributed by atoms with van der Waals surface area (Å²) in [4.78, 5) is 18.0. The first kappa shape index (κ1) is 25.4. The van der Waals surface area contributed by atoms with Crippen molar-refractivity contribution < 1.29 is 0 Å². The SMILES string of the molecule is CC1C=CC=C(N2c3ccc4c5c3c3c6c(ccc7c6c5c(n7-c5nc(-c6ccccc6)nc(-c6ccccc6)n5)=CC4)C=CC32)C1. The summed E-state index contributed by atoms with van der Waals surface area (Å²) in [5, 5.41) is 8.00. The number of benzene rings is 5. The van der Waals surface area contributed by atoms with Crippen LogP contribution in [0.15, 0.2) is 115 Å². The molecule has 222 valence electrons. The number of hydrogen-bond acceptors (Lipinski definition) is 4. The molecule has 0 spiro atoms. The molecule has 2 atom stereocenters. The fraction of sp³-hybridized carbons (Fsp3) is 0.119. The summed E-state index contributed by atoms with van der Waals surface area (Å²) >= 11 is 0. The molecular formula is C42H29N5. The van der Waals surface area contributed by atoms with E-state index in [1.165, 1.54) is 60.4 Å². The van der Waals surface area contributed by atoms with Crippen LogP contribution in [0.4, 0.5) is 5.69 Å². The Balaban J connectivity index is 1.25. The zero-order chi connectivity index (χ0) is 30.8. The average molecular weight is 604 g/mol. The van der Waals surface area contributed by atoms with Crippen LogP contribution in [-0.2, 0) is 6.42 Å². The molecule has 5 nitrogen and oxygen atoms in total. The third-order valence-electron chi connectivity index (χ3n) is 10.5. The number of rotatable bonds is 4. The molecular weight excluding hydrogens is 574 g/mol. The monoisotopic (exact) mass is 603 g/mol. The maximum Gasteiger partial charge on any atom is 0.238 e. The maximum atomic E-state index is 5.19. The van der Waals surface area contributed by atoms with Gasteiger partial charge in [-0.25, -0.2) is 4.98 Å². The van der Waals surface area contributed by atoms with E-state index < -0.39 is 0 Å². The Labute approximate surface area is 271 Å². The predicted octanol–water partition coefficient (Wildman–Crippen LogP) is 8.88. The molecule has 4 aliphatic rings. The van der Waals surface area contributed by atoms with Crippen molar-refractivity contribution in [3.63, 3.8) is 0 Å². The molecule has 0 bridgehead atoms. The van der Waals surface area contributed by atoms with Crippen molar-refractivity contribution in [1.29, 1.82) is 0 Å². The van der Waals surface area contributed by atoms with E-state index in [2.05, 4.69) is 101 Å². The Hall–Kier alpha value is -5.81. The molecule has 5 aromatic carbocycles. The molecule has 47 heavy (non-hydrogen) atoms. The summed E-state index contributed by atoms with van der Waals surface area (Å²) in [5.74, 6) is 2.53. The van der Waals surface area contributed by atoms with Gasteiger partial charge < -0.3 is 4.90 Å². The van der Waals surface area contributed by atoms with Gasteiger partial charge in [0, 0.05) is 33.0 Å². The second kappa shape index (κ2) is 9.14. The minimum absolute atomic E-state index is 0.178. The highest BCUT2D eigenvalue weighted by Gasteiger charge is 2.39. The number of nitrogens with zero attached hydrogens (tertiary/aromatic N) is 5. The van der Waals surface area contributed by atoms with Crippen LogP contribution in [0.25, 0.3) is 73.3 Å². The lowest BCUT2D eigenvalue weighted by Crippen LogP contribution is -2.25. The smallest absolute Gasteiger partial charge is 0.238 e. The van der Waals surface area contributed by atoms with Crippen molar-refractivity contribution in [2.75, 3.05) is 4.90 Å². The molecule has 1 aliphatic heterocycles. The molecule has 0 saturated carbocycles. The molecule has 3 aliphatic carbocycles. The number of allylic oxidation sites excluding steroid dienone is 4. The lowest BCUT2D eigenvalue weighted by molar-refractivity contribution is 0.666. The zero-order valence-electron chi connectivity index (χ0n) is 25.9. The Morgan fingerprint density at radius 3 is 2.21 bits per heavy atom. The molecule has 3 heterocycles. The molecule has 0 amide bonds. The van der Waals surface area contributed by atoms with Gasteiger partial charge in [-0.05, 0) is 64.4 Å². The van der Waals surface area contributed by atoms with Crippen molar-refractivity contribution in [2.24, 2.45) is 5.92 Å². The summed E-state index contributed by atoms with van der Waals surface area (Å²) in [6, 6.07) is 30.0. The summed E-state index contributed by atoms with van der Waals surface area (Å²) in [7, 11) is 0. The van der Waals surface area contributed by atoms with Gasteiger partial charge in [0.1, 0.15) is 0 Å². The second-order valence-corrected chi connectivity index (χ2v) is 13.2. The quantitative estimate of drug-likeness (QED) is 0.189. The predicted molar refractivity (Wildman–Crippen MR) is 191 cm³/mol. The van der Waals surface area contributed by atoms with Crippen LogP contribution in [0.3, 0.4) is 0 Å². The molecule has 2 aromatic heterocycles. The summed E-state index contributed by atoms with van der Waals surface area (Å²) in [6.07, 6.45) is 15.9. The average Bonchev–Trinajstić information content (AvgIpc) is 3.66. The van der Waals surface area contributed by atoms with Crippen molar-refractivity contribution in [1.82, 2.24) is 19.5 Å². The number of hydrogen-bond donors (Lipinski definition) is 0. The first-order chi connectivity index (χ1) is 23.2. The minimum atomic E-state index is 0.178. The molecule has 11 rings (SSSR count). The van der Waals surface area contributed by atoms with Gasteiger partial charge in [0.15, 0.2) is 11.6 Å². The first-order valence-electron chi connectivity index (χ1n) is 16.5. The van der Waals surface area contributed by atoms with Crippen LogP contribution in [0.5, 0.6) is 0 Å². The second-order valence-electron chi connectivity index (χ2n) is 13.2. The van der Waals surface area contributed by atoms with Crippen molar-refractivity contribution in [3.8, 4) is 28.7 Å². The zero-order valence-corrected chi connectivity index (χ0v) is 25.9. The lowest BCUT2D eigenvalue weighted by Gasteiger charge is -2.32. The van der Waals surface area contributed by atoms with Gasteiger partial charge in [0.05, 0.1) is 22.6 Å². The topological polar surface area (TPSA) is 46.8 Å². The Morgan fingerprint density at radius 1 is 0.702 bits per heavy atom. The summed E-state index contributed by atoms with van der Waals surface area (Å²) < 4.78 is 2.30. The van der Waals surface area contributed by atoms with E-state index >= 15 is 0 Å². The Bertz CT molecular complexity index is 2590. The minimum Gasteiger partial charge on any atom is -0.333 e. The van der Waals surface area contributed by atoms with Crippen LogP contribution in [0, 0.1) is 5.92 Å². The van der Waals surface area contributed by atoms with E-state index in [4.69, 9.17) is 15.0 Å². The van der Waals surface area contributed by atoms with E-state index in [0.717, 1.165) is 29.5 Å². The normalized spacial score (nSPS) is 18.7. The highest BCUT2D eigenvalue weighted by Crippen LogP contribution is 2.56. The van der Waals surface area contributed by atoms with Crippen LogP contribution in [0.2, 0.25) is 0 Å². The van der Waals surface area contributed by atoms with E-state index in [9.17, 15) is 0 Å². The standard InChI is InChI=1S/C42H29N5/c1-24-9-8-14-29(23-24)46-30-19-15-25-17-21-32-38-34(25)36(30)37-31(46)20-16-26-18-22-33(39(38)35(26)37)47(32)42-44-40(27-10-4-2-5-11-27)43-41(45-42)28-12-6-3-7-13-28/h2-17,19-22,24,30H,18,23H2,1H3. The van der Waals surface area contributed by atoms with Crippen LogP contribution >= 0.6 is 0 Å². The van der Waals surface area contributed by atoms with E-state index in [-0.39, 0.29) is 6.04 Å². The van der Waals surface area contributed by atoms with Crippen molar-refractivity contribution in [3.05, 3.63) is 137 Å². The maximum absolute atomic E-state index is 5.19. The molecule has 2 unspecified atom stereocenters. The fourth-order valence-corrected chi connectivity index (χ4v) is 8.59. The number of aromatic nitrogens is 4. The van der Waals surface area contributed by atoms with Gasteiger partial charge in [-0.1, -0.05) is 110 Å². The summed E-state index contributed by atoms with van der Waals surface area (Å²) in [6.45, 7) is 2.32.